The molecular weight excluding hydrogens is 863 g/mol. The number of furan rings is 1. The van der Waals surface area contributed by atoms with Gasteiger partial charge in [0.1, 0.15) is 5.58 Å². The van der Waals surface area contributed by atoms with Crippen molar-refractivity contribution in [3.8, 4) is 33.4 Å². The van der Waals surface area contributed by atoms with Crippen LogP contribution in [0.1, 0.15) is 44.5 Å². The maximum absolute atomic E-state index is 6.34. The first-order valence-electron chi connectivity index (χ1n) is 24.5. The Balaban J connectivity index is 1.15. The van der Waals surface area contributed by atoms with Crippen molar-refractivity contribution in [3.05, 3.63) is 299 Å². The highest BCUT2D eigenvalue weighted by atomic mass is 28.3. The summed E-state index contributed by atoms with van der Waals surface area (Å²) in [5.74, 6) is 0. The molecule has 334 valence electrons. The molecular formula is C67H51NOSi. The standard InChI is InChI=1S/C67H51NOSi/c1-70(2,3)62-43-42-52(65-57(62)44-45-69-65)46-38-40-51(41-39-46)68(60-36-20-32-55-53-30-16-18-34-58(53)66(63(55)60,47-22-8-4-9-23-47)48-24-10-5-11-25-48)61-37-21-33-56-54-31-17-19-35-59(54)67(64(56)61,49-26-12-6-13-27-49)50-28-14-7-15-29-50/h4-45H,1-3H3. The van der Waals surface area contributed by atoms with Crippen LogP contribution in [0.3, 0.4) is 0 Å². The third kappa shape index (κ3) is 6.04. The molecule has 2 aliphatic carbocycles. The number of anilines is 3. The topological polar surface area (TPSA) is 16.4 Å². The minimum absolute atomic E-state index is 0.650. The van der Waals surface area contributed by atoms with Gasteiger partial charge in [0.25, 0.3) is 0 Å². The van der Waals surface area contributed by atoms with Crippen molar-refractivity contribution in [1.29, 1.82) is 0 Å². The van der Waals surface area contributed by atoms with Gasteiger partial charge in [-0.2, -0.15) is 0 Å². The van der Waals surface area contributed by atoms with Gasteiger partial charge in [0.05, 0.1) is 36.5 Å². The summed E-state index contributed by atoms with van der Waals surface area (Å²) < 4.78 is 6.34. The van der Waals surface area contributed by atoms with Crippen molar-refractivity contribution in [2.45, 2.75) is 30.5 Å². The van der Waals surface area contributed by atoms with Crippen LogP contribution >= 0.6 is 0 Å². The Morgan fingerprint density at radius 2 is 0.771 bits per heavy atom. The predicted octanol–water partition coefficient (Wildman–Crippen LogP) is 16.8. The van der Waals surface area contributed by atoms with Crippen LogP contribution in [0.15, 0.2) is 259 Å². The van der Waals surface area contributed by atoms with Gasteiger partial charge in [-0.15, -0.1) is 0 Å². The average Bonchev–Trinajstić information content (AvgIpc) is 4.12. The Morgan fingerprint density at radius 3 is 1.21 bits per heavy atom. The van der Waals surface area contributed by atoms with Crippen LogP contribution in [0, 0.1) is 0 Å². The lowest BCUT2D eigenvalue weighted by molar-refractivity contribution is 0.617. The molecule has 3 heteroatoms. The number of fused-ring (bicyclic) bond motifs is 7. The van der Waals surface area contributed by atoms with Crippen molar-refractivity contribution in [2.75, 3.05) is 4.90 Å². The van der Waals surface area contributed by atoms with Crippen LogP contribution < -0.4 is 10.1 Å². The first-order chi connectivity index (χ1) is 34.4. The monoisotopic (exact) mass is 913 g/mol. The van der Waals surface area contributed by atoms with Crippen molar-refractivity contribution in [1.82, 2.24) is 0 Å². The molecule has 2 nitrogen and oxygen atoms in total. The minimum atomic E-state index is -1.64. The van der Waals surface area contributed by atoms with E-state index in [1.807, 2.05) is 6.26 Å². The second-order valence-corrected chi connectivity index (χ2v) is 24.9. The van der Waals surface area contributed by atoms with Gasteiger partial charge < -0.3 is 9.32 Å². The van der Waals surface area contributed by atoms with E-state index in [4.69, 9.17) is 4.42 Å². The van der Waals surface area contributed by atoms with Crippen LogP contribution in [-0.2, 0) is 10.8 Å². The fourth-order valence-electron chi connectivity index (χ4n) is 12.5. The summed E-state index contributed by atoms with van der Waals surface area (Å²) >= 11 is 0. The third-order valence-corrected chi connectivity index (χ3v) is 17.3. The largest absolute Gasteiger partial charge is 0.464 e. The lowest BCUT2D eigenvalue weighted by Gasteiger charge is -2.40. The summed E-state index contributed by atoms with van der Waals surface area (Å²) in [6, 6.07) is 92.9. The van der Waals surface area contributed by atoms with Gasteiger partial charge >= 0.3 is 0 Å². The molecule has 2 aliphatic rings. The van der Waals surface area contributed by atoms with Crippen LogP contribution in [0.5, 0.6) is 0 Å². The molecule has 0 saturated heterocycles. The molecule has 0 N–H and O–H groups in total. The van der Waals surface area contributed by atoms with Gasteiger partial charge in [0, 0.05) is 27.8 Å². The van der Waals surface area contributed by atoms with E-state index in [0.29, 0.717) is 0 Å². The summed E-state index contributed by atoms with van der Waals surface area (Å²) in [6.45, 7) is 7.22. The Morgan fingerprint density at radius 1 is 0.357 bits per heavy atom. The number of nitrogens with zero attached hydrogens (tertiary/aromatic N) is 1. The summed E-state index contributed by atoms with van der Waals surface area (Å²) in [4.78, 5) is 2.59. The zero-order valence-corrected chi connectivity index (χ0v) is 40.6. The van der Waals surface area contributed by atoms with Crippen LogP contribution in [0.25, 0.3) is 44.3 Å². The van der Waals surface area contributed by atoms with E-state index in [-0.39, 0.29) is 0 Å². The normalized spacial score (nSPS) is 13.9. The average molecular weight is 914 g/mol. The maximum Gasteiger partial charge on any atom is 0.141 e. The smallest absolute Gasteiger partial charge is 0.141 e. The minimum Gasteiger partial charge on any atom is -0.464 e. The molecule has 10 aromatic carbocycles. The molecule has 0 radical (unpaired) electrons. The Hall–Kier alpha value is -8.24. The van der Waals surface area contributed by atoms with Gasteiger partial charge in [0.2, 0.25) is 0 Å². The van der Waals surface area contributed by atoms with Gasteiger partial charge in [-0.1, -0.05) is 238 Å². The van der Waals surface area contributed by atoms with E-state index < -0.39 is 18.9 Å². The van der Waals surface area contributed by atoms with Gasteiger partial charge in [0.15, 0.2) is 0 Å². The second kappa shape index (κ2) is 16.2. The highest BCUT2D eigenvalue weighted by Crippen LogP contribution is 2.63. The molecule has 1 heterocycles. The zero-order chi connectivity index (χ0) is 47.0. The van der Waals surface area contributed by atoms with E-state index in [1.165, 1.54) is 77.3 Å². The predicted molar refractivity (Wildman–Crippen MR) is 294 cm³/mol. The number of hydrogen-bond acceptors (Lipinski definition) is 2. The first kappa shape index (κ1) is 41.9. The quantitative estimate of drug-likeness (QED) is 0.134. The molecule has 0 saturated carbocycles. The summed E-state index contributed by atoms with van der Waals surface area (Å²) in [5.41, 5.74) is 20.2. The van der Waals surface area contributed by atoms with E-state index in [2.05, 4.69) is 273 Å². The fraction of sp³-hybridized carbons (Fsp3) is 0.0746. The molecule has 70 heavy (non-hydrogen) atoms. The molecule has 0 amide bonds. The van der Waals surface area contributed by atoms with Gasteiger partial charge in [-0.25, -0.2) is 0 Å². The summed E-state index contributed by atoms with van der Waals surface area (Å²) in [5, 5.41) is 2.64. The molecule has 0 bridgehead atoms. The molecule has 0 spiro atoms. The Kier molecular flexibility index (Phi) is 9.69. The number of rotatable bonds is 9. The Bertz CT molecular complexity index is 3480. The first-order valence-corrected chi connectivity index (χ1v) is 28.0. The molecule has 0 unspecified atom stereocenters. The lowest BCUT2D eigenvalue weighted by atomic mass is 9.66. The highest BCUT2D eigenvalue weighted by molar-refractivity contribution is 6.90. The van der Waals surface area contributed by atoms with Crippen molar-refractivity contribution >= 4 is 41.3 Å². The SMILES string of the molecule is C[Si](C)(C)c1ccc(-c2ccc(N(c3cccc4c3C(c3ccccc3)(c3ccccc3)c3ccccc3-4)c3cccc4c3C(c3ccccc3)(c3ccccc3)c3ccccc3-4)cc2)c2occc12. The molecule has 11 aromatic rings. The number of hydrogen-bond donors (Lipinski definition) is 0. The van der Waals surface area contributed by atoms with Crippen LogP contribution in [0.4, 0.5) is 17.1 Å². The van der Waals surface area contributed by atoms with Gasteiger partial charge in [-0.3, -0.25) is 0 Å². The van der Waals surface area contributed by atoms with E-state index in [0.717, 1.165) is 33.8 Å². The zero-order valence-electron chi connectivity index (χ0n) is 39.6. The molecule has 0 aliphatic heterocycles. The Labute approximate surface area is 411 Å². The van der Waals surface area contributed by atoms with E-state index in [1.54, 1.807) is 0 Å². The third-order valence-electron chi connectivity index (χ3n) is 15.2. The number of benzene rings is 10. The van der Waals surface area contributed by atoms with Crippen LogP contribution in [-0.4, -0.2) is 8.07 Å². The van der Waals surface area contributed by atoms with E-state index in [9.17, 15) is 0 Å². The lowest BCUT2D eigenvalue weighted by Crippen LogP contribution is -2.37. The molecule has 13 rings (SSSR count). The highest BCUT2D eigenvalue weighted by Gasteiger charge is 2.51. The van der Waals surface area contributed by atoms with Crippen molar-refractivity contribution < 1.29 is 4.42 Å². The molecule has 0 atom stereocenters. The second-order valence-electron chi connectivity index (χ2n) is 19.9. The van der Waals surface area contributed by atoms with Gasteiger partial charge in [-0.05, 0) is 96.7 Å². The molecule has 0 fully saturated rings. The van der Waals surface area contributed by atoms with E-state index >= 15 is 0 Å². The summed E-state index contributed by atoms with van der Waals surface area (Å²) in [6.07, 6.45) is 1.85. The van der Waals surface area contributed by atoms with Crippen molar-refractivity contribution in [2.24, 2.45) is 0 Å². The maximum atomic E-state index is 6.34. The van der Waals surface area contributed by atoms with Crippen LogP contribution in [0.2, 0.25) is 19.6 Å². The molecule has 1 aromatic heterocycles. The summed E-state index contributed by atoms with van der Waals surface area (Å²) in [7, 11) is -1.64. The fourth-order valence-corrected chi connectivity index (χ4v) is 14.1. The van der Waals surface area contributed by atoms with Crippen molar-refractivity contribution in [3.63, 3.8) is 0 Å².